The van der Waals surface area contributed by atoms with Gasteiger partial charge in [0, 0.05) is 12.7 Å². The average molecular weight is 356 g/mol. The van der Waals surface area contributed by atoms with E-state index in [2.05, 4.69) is 20.6 Å². The predicted molar refractivity (Wildman–Crippen MR) is 91.6 cm³/mol. The highest BCUT2D eigenvalue weighted by Crippen LogP contribution is 2.11. The minimum atomic E-state index is -0.448. The molecular weight excluding hydrogens is 340 g/mol. The lowest BCUT2D eigenvalue weighted by molar-refractivity contribution is -0.116. The Morgan fingerprint density at radius 1 is 1.23 bits per heavy atom. The van der Waals surface area contributed by atoms with Gasteiger partial charge in [-0.3, -0.25) is 14.2 Å². The second kappa shape index (κ2) is 7.13. The zero-order valence-electron chi connectivity index (χ0n) is 14.2. The molecule has 0 atom stereocenters. The lowest BCUT2D eigenvalue weighted by atomic mass is 10.2. The molecular formula is C16H16N6O4. The number of hydrogen-bond acceptors (Lipinski definition) is 7. The van der Waals surface area contributed by atoms with Crippen LogP contribution in [0.5, 0.6) is 0 Å². The number of fused-ring (bicyclic) bond motifs is 1. The highest BCUT2D eigenvalue weighted by Gasteiger charge is 2.13. The molecule has 1 N–H and O–H groups in total. The number of aryl methyl sites for hydroxylation is 1. The zero-order chi connectivity index (χ0) is 18.7. The van der Waals surface area contributed by atoms with Crippen molar-refractivity contribution in [2.75, 3.05) is 11.9 Å². The number of carbonyl (C=O) groups is 2. The summed E-state index contributed by atoms with van der Waals surface area (Å²) in [5, 5.41) is 10.1. The monoisotopic (exact) mass is 356 g/mol. The van der Waals surface area contributed by atoms with Gasteiger partial charge >= 0.3 is 5.97 Å². The van der Waals surface area contributed by atoms with Crippen molar-refractivity contribution in [2.45, 2.75) is 13.5 Å². The first kappa shape index (κ1) is 17.3. The van der Waals surface area contributed by atoms with E-state index in [4.69, 9.17) is 4.74 Å². The van der Waals surface area contributed by atoms with E-state index < -0.39 is 17.4 Å². The van der Waals surface area contributed by atoms with Gasteiger partial charge in [-0.15, -0.1) is 5.10 Å². The van der Waals surface area contributed by atoms with E-state index in [0.29, 0.717) is 16.9 Å². The molecule has 134 valence electrons. The van der Waals surface area contributed by atoms with Crippen LogP contribution in [0.15, 0.2) is 35.4 Å². The van der Waals surface area contributed by atoms with Crippen LogP contribution >= 0.6 is 0 Å². The fourth-order valence-corrected chi connectivity index (χ4v) is 2.32. The number of hydrogen-bond donors (Lipinski definition) is 1. The molecule has 3 rings (SSSR count). The SMILES string of the molecule is CCOC(=O)c1ccc(NC(=O)Cn2cnc3c(nnn3C)c2=O)cc1. The summed E-state index contributed by atoms with van der Waals surface area (Å²) in [6, 6.07) is 6.26. The van der Waals surface area contributed by atoms with Crippen molar-refractivity contribution in [1.82, 2.24) is 24.5 Å². The van der Waals surface area contributed by atoms with Crippen molar-refractivity contribution in [1.29, 1.82) is 0 Å². The molecule has 0 spiro atoms. The average Bonchev–Trinajstić information content (AvgIpc) is 3.00. The smallest absolute Gasteiger partial charge is 0.338 e. The Balaban J connectivity index is 1.70. The fraction of sp³-hybridized carbons (Fsp3) is 0.250. The van der Waals surface area contributed by atoms with Crippen LogP contribution in [0.3, 0.4) is 0 Å². The minimum absolute atomic E-state index is 0.0987. The molecule has 0 bridgehead atoms. The normalized spacial score (nSPS) is 10.7. The van der Waals surface area contributed by atoms with Crippen LogP contribution in [0.2, 0.25) is 0 Å². The maximum Gasteiger partial charge on any atom is 0.338 e. The molecule has 0 aliphatic rings. The molecule has 26 heavy (non-hydrogen) atoms. The number of aromatic nitrogens is 5. The number of carbonyl (C=O) groups excluding carboxylic acids is 2. The molecule has 2 heterocycles. The van der Waals surface area contributed by atoms with Gasteiger partial charge in [-0.1, -0.05) is 5.21 Å². The van der Waals surface area contributed by atoms with Crippen molar-refractivity contribution < 1.29 is 14.3 Å². The van der Waals surface area contributed by atoms with Crippen molar-refractivity contribution >= 4 is 28.7 Å². The first-order valence-electron chi connectivity index (χ1n) is 7.81. The van der Waals surface area contributed by atoms with E-state index in [1.165, 1.54) is 11.0 Å². The van der Waals surface area contributed by atoms with Gasteiger partial charge in [0.25, 0.3) is 5.56 Å². The van der Waals surface area contributed by atoms with Crippen LogP contribution in [-0.2, 0) is 23.1 Å². The van der Waals surface area contributed by atoms with Crippen LogP contribution < -0.4 is 10.9 Å². The van der Waals surface area contributed by atoms with Gasteiger partial charge in [0.05, 0.1) is 12.2 Å². The van der Waals surface area contributed by atoms with E-state index in [1.807, 2.05) is 0 Å². The molecule has 1 aromatic carbocycles. The number of esters is 1. The molecule has 0 aliphatic heterocycles. The third kappa shape index (κ3) is 3.43. The molecule has 3 aromatic rings. The van der Waals surface area contributed by atoms with E-state index in [9.17, 15) is 14.4 Å². The highest BCUT2D eigenvalue weighted by molar-refractivity contribution is 5.93. The Hall–Kier alpha value is -3.56. The second-order valence-corrected chi connectivity index (χ2v) is 5.41. The zero-order valence-corrected chi connectivity index (χ0v) is 14.2. The Morgan fingerprint density at radius 3 is 2.65 bits per heavy atom. The summed E-state index contributed by atoms with van der Waals surface area (Å²) in [6.07, 6.45) is 1.28. The number of amides is 1. The molecule has 0 radical (unpaired) electrons. The van der Waals surface area contributed by atoms with Gasteiger partial charge in [0.1, 0.15) is 12.9 Å². The first-order chi connectivity index (χ1) is 12.5. The standard InChI is InChI=1S/C16H16N6O4/c1-3-26-16(25)10-4-6-11(7-5-10)18-12(23)8-22-9-17-14-13(15(22)24)19-20-21(14)2/h4-7,9H,3,8H2,1-2H3,(H,18,23). The van der Waals surface area contributed by atoms with Gasteiger partial charge in [-0.25, -0.2) is 14.5 Å². The van der Waals surface area contributed by atoms with E-state index in [1.54, 1.807) is 38.2 Å². The Morgan fingerprint density at radius 2 is 1.96 bits per heavy atom. The lowest BCUT2D eigenvalue weighted by Crippen LogP contribution is -2.28. The topological polar surface area (TPSA) is 121 Å². The van der Waals surface area contributed by atoms with Crippen LogP contribution in [0.25, 0.3) is 11.2 Å². The number of nitrogens with one attached hydrogen (secondary N) is 1. The number of nitrogens with zero attached hydrogens (tertiary/aromatic N) is 5. The van der Waals surface area contributed by atoms with Gasteiger partial charge in [-0.05, 0) is 31.2 Å². The molecule has 0 unspecified atom stereocenters. The second-order valence-electron chi connectivity index (χ2n) is 5.41. The number of rotatable bonds is 5. The molecule has 1 amide bonds. The third-order valence-electron chi connectivity index (χ3n) is 3.57. The summed E-state index contributed by atoms with van der Waals surface area (Å²) < 4.78 is 7.43. The molecule has 10 nitrogen and oxygen atoms in total. The first-order valence-corrected chi connectivity index (χ1v) is 7.81. The van der Waals surface area contributed by atoms with Crippen molar-refractivity contribution in [3.63, 3.8) is 0 Å². The van der Waals surface area contributed by atoms with Crippen molar-refractivity contribution in [2.24, 2.45) is 7.05 Å². The maximum absolute atomic E-state index is 12.3. The largest absolute Gasteiger partial charge is 0.462 e. The number of ether oxygens (including phenoxy) is 1. The van der Waals surface area contributed by atoms with Crippen molar-refractivity contribution in [3.05, 3.63) is 46.5 Å². The van der Waals surface area contributed by atoms with E-state index in [0.717, 1.165) is 4.57 Å². The van der Waals surface area contributed by atoms with Crippen molar-refractivity contribution in [3.8, 4) is 0 Å². The molecule has 0 saturated carbocycles. The predicted octanol–water partition coefficient (Wildman–Crippen LogP) is 0.340. The number of benzene rings is 1. The molecule has 0 fully saturated rings. The van der Waals surface area contributed by atoms with Gasteiger partial charge in [0.15, 0.2) is 11.2 Å². The van der Waals surface area contributed by atoms with Gasteiger partial charge in [0.2, 0.25) is 5.91 Å². The number of anilines is 1. The van der Waals surface area contributed by atoms with E-state index >= 15 is 0 Å². The summed E-state index contributed by atoms with van der Waals surface area (Å²) in [7, 11) is 1.62. The van der Waals surface area contributed by atoms with Gasteiger partial charge < -0.3 is 10.1 Å². The fourth-order valence-electron chi connectivity index (χ4n) is 2.32. The third-order valence-corrected chi connectivity index (χ3v) is 3.57. The summed E-state index contributed by atoms with van der Waals surface area (Å²) in [6.45, 7) is 1.79. The quantitative estimate of drug-likeness (QED) is 0.654. The van der Waals surface area contributed by atoms with Crippen LogP contribution in [-0.4, -0.2) is 43.0 Å². The van der Waals surface area contributed by atoms with Crippen LogP contribution in [0, 0.1) is 0 Å². The van der Waals surface area contributed by atoms with Crippen LogP contribution in [0.1, 0.15) is 17.3 Å². The molecule has 10 heteroatoms. The molecule has 0 saturated heterocycles. The maximum atomic E-state index is 12.3. The van der Waals surface area contributed by atoms with E-state index in [-0.39, 0.29) is 18.7 Å². The Labute approximate surface area is 147 Å². The summed E-state index contributed by atoms with van der Waals surface area (Å²) in [4.78, 5) is 40.1. The lowest BCUT2D eigenvalue weighted by Gasteiger charge is -2.08. The van der Waals surface area contributed by atoms with Gasteiger partial charge in [-0.2, -0.15) is 0 Å². The Bertz CT molecular complexity index is 1020. The molecule has 0 aliphatic carbocycles. The highest BCUT2D eigenvalue weighted by atomic mass is 16.5. The summed E-state index contributed by atoms with van der Waals surface area (Å²) in [5.41, 5.74) is 0.877. The Kier molecular flexibility index (Phi) is 4.74. The minimum Gasteiger partial charge on any atom is -0.462 e. The summed E-state index contributed by atoms with van der Waals surface area (Å²) in [5.74, 6) is -0.846. The van der Waals surface area contributed by atoms with Crippen LogP contribution in [0.4, 0.5) is 5.69 Å². The molecule has 2 aromatic heterocycles. The summed E-state index contributed by atoms with van der Waals surface area (Å²) >= 11 is 0.